The maximum atomic E-state index is 11.4. The van der Waals surface area contributed by atoms with Gasteiger partial charge < -0.3 is 5.11 Å². The van der Waals surface area contributed by atoms with E-state index in [2.05, 4.69) is 17.0 Å². The maximum absolute atomic E-state index is 11.4. The molecule has 6 heteroatoms. The number of halogens is 1. The summed E-state index contributed by atoms with van der Waals surface area (Å²) in [5.74, 6) is 0. The van der Waals surface area contributed by atoms with Crippen LogP contribution in [0.15, 0.2) is 35.7 Å². The van der Waals surface area contributed by atoms with Gasteiger partial charge in [0.15, 0.2) is 5.16 Å². The molecule has 1 aliphatic carbocycles. The third kappa shape index (κ3) is 2.90. The van der Waals surface area contributed by atoms with E-state index in [0.29, 0.717) is 18.0 Å². The molecule has 0 amide bonds. The Kier molecular flexibility index (Phi) is 4.23. The summed E-state index contributed by atoms with van der Waals surface area (Å²) in [6.07, 6.45) is 6.08. The van der Waals surface area contributed by atoms with Crippen LogP contribution in [0.2, 0.25) is 5.02 Å². The van der Waals surface area contributed by atoms with E-state index in [1.807, 2.05) is 30.5 Å². The Labute approximate surface area is 139 Å². The number of hydrogen-bond acceptors (Lipinski definition) is 4. The van der Waals surface area contributed by atoms with Crippen molar-refractivity contribution < 1.29 is 5.11 Å². The van der Waals surface area contributed by atoms with Crippen LogP contribution in [-0.2, 0) is 13.0 Å². The third-order valence-corrected chi connectivity index (χ3v) is 5.79. The molecule has 1 aromatic heterocycles. The molecule has 0 saturated heterocycles. The first-order chi connectivity index (χ1) is 10.5. The Hall–Kier alpha value is -1.04. The number of thioether (sulfide) groups is 1. The van der Waals surface area contributed by atoms with Crippen LogP contribution in [0.1, 0.15) is 25.3 Å². The van der Waals surface area contributed by atoms with Crippen LogP contribution >= 0.6 is 23.4 Å². The van der Waals surface area contributed by atoms with Crippen molar-refractivity contribution in [2.24, 2.45) is 5.41 Å². The van der Waals surface area contributed by atoms with Crippen LogP contribution < -0.4 is 0 Å². The van der Waals surface area contributed by atoms with Crippen molar-refractivity contribution in [3.63, 3.8) is 0 Å². The van der Waals surface area contributed by atoms with Gasteiger partial charge in [0.2, 0.25) is 0 Å². The van der Waals surface area contributed by atoms with Gasteiger partial charge in [-0.25, -0.2) is 9.67 Å². The molecule has 1 aromatic carbocycles. The van der Waals surface area contributed by atoms with Crippen molar-refractivity contribution in [3.05, 3.63) is 41.2 Å². The molecule has 0 spiro atoms. The number of aliphatic hydroxyl groups is 1. The van der Waals surface area contributed by atoms with Crippen molar-refractivity contribution >= 4 is 23.4 Å². The summed E-state index contributed by atoms with van der Waals surface area (Å²) < 4.78 is 1.80. The van der Waals surface area contributed by atoms with Gasteiger partial charge in [-0.15, -0.1) is 0 Å². The van der Waals surface area contributed by atoms with Gasteiger partial charge in [0, 0.05) is 11.4 Å². The molecular weight excluding hydrogens is 318 g/mol. The molecule has 1 fully saturated rings. The molecule has 4 nitrogen and oxygen atoms in total. The number of benzene rings is 1. The molecule has 0 bridgehead atoms. The fourth-order valence-corrected chi connectivity index (χ4v) is 3.52. The minimum absolute atomic E-state index is 0.0895. The molecule has 0 aliphatic heterocycles. The van der Waals surface area contributed by atoms with E-state index in [-0.39, 0.29) is 5.41 Å². The minimum Gasteiger partial charge on any atom is -0.387 e. The molecule has 22 heavy (non-hydrogen) atoms. The number of nitrogens with zero attached hydrogens (tertiary/aromatic N) is 3. The molecule has 118 valence electrons. The first-order valence-corrected chi connectivity index (χ1v) is 8.95. The van der Waals surface area contributed by atoms with Gasteiger partial charge in [0.25, 0.3) is 0 Å². The summed E-state index contributed by atoms with van der Waals surface area (Å²) in [5.41, 5.74) is 0.00913. The van der Waals surface area contributed by atoms with Crippen LogP contribution in [0.4, 0.5) is 0 Å². The van der Waals surface area contributed by atoms with E-state index in [0.717, 1.165) is 23.6 Å². The first kappa shape index (κ1) is 15.8. The Morgan fingerprint density at radius 3 is 2.77 bits per heavy atom. The molecule has 1 unspecified atom stereocenters. The maximum Gasteiger partial charge on any atom is 0.185 e. The lowest BCUT2D eigenvalue weighted by molar-refractivity contribution is -0.0447. The van der Waals surface area contributed by atoms with Crippen LogP contribution in [0.25, 0.3) is 0 Å². The van der Waals surface area contributed by atoms with Gasteiger partial charge in [-0.2, -0.15) is 5.10 Å². The monoisotopic (exact) mass is 337 g/mol. The molecule has 1 saturated carbocycles. The van der Waals surface area contributed by atoms with Crippen molar-refractivity contribution in [2.45, 2.75) is 43.5 Å². The lowest BCUT2D eigenvalue weighted by Crippen LogP contribution is -2.45. The van der Waals surface area contributed by atoms with Gasteiger partial charge in [-0.3, -0.25) is 0 Å². The number of aromatic nitrogens is 3. The second-order valence-corrected chi connectivity index (χ2v) is 7.45. The van der Waals surface area contributed by atoms with Crippen LogP contribution in [0.5, 0.6) is 0 Å². The van der Waals surface area contributed by atoms with E-state index in [4.69, 9.17) is 11.6 Å². The topological polar surface area (TPSA) is 50.9 Å². The highest BCUT2D eigenvalue weighted by Gasteiger charge is 2.55. The standard InChI is InChI=1S/C16H20ClN3OS/c1-15(7-8-15)16(21,9-12-5-3-4-6-13(12)17)10-20-14(22-2)18-11-19-20/h3-6,11,21H,7-10H2,1-2H3. The van der Waals surface area contributed by atoms with E-state index in [1.165, 1.54) is 18.1 Å². The molecule has 1 atom stereocenters. The van der Waals surface area contributed by atoms with Gasteiger partial charge in [0.05, 0.1) is 12.1 Å². The Morgan fingerprint density at radius 2 is 2.14 bits per heavy atom. The zero-order chi connectivity index (χ0) is 15.8. The van der Waals surface area contributed by atoms with Gasteiger partial charge in [0.1, 0.15) is 6.33 Å². The SMILES string of the molecule is CSc1ncnn1CC(O)(Cc1ccccc1Cl)C1(C)CC1. The Bertz CT molecular complexity index is 671. The molecule has 2 aromatic rings. The highest BCUT2D eigenvalue weighted by Crippen LogP contribution is 2.55. The fourth-order valence-electron chi connectivity index (χ4n) is 2.84. The molecule has 1 N–H and O–H groups in total. The molecule has 3 rings (SSSR count). The molecule has 0 radical (unpaired) electrons. The quantitative estimate of drug-likeness (QED) is 0.820. The largest absolute Gasteiger partial charge is 0.387 e. The number of rotatable bonds is 6. The predicted octanol–water partition coefficient (Wildman–Crippen LogP) is 3.43. The zero-order valence-corrected chi connectivity index (χ0v) is 14.4. The first-order valence-electron chi connectivity index (χ1n) is 7.35. The lowest BCUT2D eigenvalue weighted by Gasteiger charge is -2.35. The van der Waals surface area contributed by atoms with Gasteiger partial charge in [-0.05, 0) is 36.1 Å². The number of hydrogen-bond donors (Lipinski definition) is 1. The summed E-state index contributed by atoms with van der Waals surface area (Å²) in [6, 6.07) is 7.72. The Morgan fingerprint density at radius 1 is 1.41 bits per heavy atom. The lowest BCUT2D eigenvalue weighted by atomic mass is 9.80. The smallest absolute Gasteiger partial charge is 0.185 e. The second kappa shape index (κ2) is 5.87. The third-order valence-electron chi connectivity index (χ3n) is 4.74. The van der Waals surface area contributed by atoms with E-state index >= 15 is 0 Å². The average molecular weight is 338 g/mol. The normalized spacial score (nSPS) is 18.9. The van der Waals surface area contributed by atoms with E-state index in [9.17, 15) is 5.11 Å². The Balaban J connectivity index is 1.91. The highest BCUT2D eigenvalue weighted by atomic mass is 35.5. The van der Waals surface area contributed by atoms with Gasteiger partial charge in [-0.1, -0.05) is 48.5 Å². The summed E-state index contributed by atoms with van der Waals surface area (Å²) in [6.45, 7) is 2.57. The van der Waals surface area contributed by atoms with E-state index < -0.39 is 5.60 Å². The van der Waals surface area contributed by atoms with Crippen molar-refractivity contribution in [3.8, 4) is 0 Å². The zero-order valence-electron chi connectivity index (χ0n) is 12.8. The van der Waals surface area contributed by atoms with E-state index in [1.54, 1.807) is 4.68 Å². The highest BCUT2D eigenvalue weighted by molar-refractivity contribution is 7.98. The predicted molar refractivity (Wildman–Crippen MR) is 89.2 cm³/mol. The summed E-state index contributed by atoms with van der Waals surface area (Å²) >= 11 is 7.83. The fraction of sp³-hybridized carbons (Fsp3) is 0.500. The summed E-state index contributed by atoms with van der Waals surface area (Å²) in [4.78, 5) is 4.22. The van der Waals surface area contributed by atoms with Crippen LogP contribution in [0.3, 0.4) is 0 Å². The molecular formula is C16H20ClN3OS. The molecule has 1 aliphatic rings. The summed E-state index contributed by atoms with van der Waals surface area (Å²) in [7, 11) is 0. The van der Waals surface area contributed by atoms with Gasteiger partial charge >= 0.3 is 0 Å². The van der Waals surface area contributed by atoms with Crippen molar-refractivity contribution in [1.29, 1.82) is 0 Å². The van der Waals surface area contributed by atoms with Crippen LogP contribution in [0, 0.1) is 5.41 Å². The average Bonchev–Trinajstić information content (AvgIpc) is 3.10. The van der Waals surface area contributed by atoms with Crippen molar-refractivity contribution in [1.82, 2.24) is 14.8 Å². The van der Waals surface area contributed by atoms with Crippen molar-refractivity contribution in [2.75, 3.05) is 6.26 Å². The minimum atomic E-state index is -0.879. The second-order valence-electron chi connectivity index (χ2n) is 6.26. The molecule has 1 heterocycles. The van der Waals surface area contributed by atoms with Crippen LogP contribution in [-0.4, -0.2) is 31.7 Å². The summed E-state index contributed by atoms with van der Waals surface area (Å²) in [5, 5.41) is 17.2.